The standard InChI is InChI=1S/C16H14N.Li/c1-10-8-9-11(2)14-13(10)15(16(14)17)12-6-4-3-5-7-12;/h3-9,15H,1-2H3;/q-1;+1. The van der Waals surface area contributed by atoms with Crippen molar-refractivity contribution in [2.45, 2.75) is 19.8 Å². The molecule has 18 heavy (non-hydrogen) atoms. The first kappa shape index (κ1) is 13.1. The van der Waals surface area contributed by atoms with Crippen LogP contribution >= 0.6 is 0 Å². The second-order valence-corrected chi connectivity index (χ2v) is 4.72. The molecule has 0 aromatic heterocycles. The molecular formula is C16H14LiN. The van der Waals surface area contributed by atoms with Gasteiger partial charge in [0, 0.05) is 5.92 Å². The zero-order valence-corrected chi connectivity index (χ0v) is 11.1. The van der Waals surface area contributed by atoms with E-state index in [1.165, 1.54) is 16.7 Å². The molecule has 2 heteroatoms. The van der Waals surface area contributed by atoms with Crippen LogP contribution in [0.4, 0.5) is 0 Å². The van der Waals surface area contributed by atoms with Gasteiger partial charge in [0.25, 0.3) is 0 Å². The molecule has 0 saturated heterocycles. The Labute approximate surface area is 120 Å². The molecule has 1 unspecified atom stereocenters. The summed E-state index contributed by atoms with van der Waals surface area (Å²) in [6.45, 7) is 4.16. The molecule has 2 aromatic rings. The monoisotopic (exact) mass is 227 g/mol. The summed E-state index contributed by atoms with van der Waals surface area (Å²) < 4.78 is 0. The molecule has 0 fully saturated rings. The third kappa shape index (κ3) is 1.75. The minimum absolute atomic E-state index is 0. The van der Waals surface area contributed by atoms with Gasteiger partial charge in [-0.25, -0.2) is 0 Å². The molecule has 84 valence electrons. The Morgan fingerprint density at radius 3 is 2.17 bits per heavy atom. The van der Waals surface area contributed by atoms with E-state index in [0.29, 0.717) is 5.71 Å². The summed E-state index contributed by atoms with van der Waals surface area (Å²) in [4.78, 5) is 0. The van der Waals surface area contributed by atoms with Gasteiger partial charge in [-0.15, -0.1) is 0 Å². The molecule has 2 aromatic carbocycles. The van der Waals surface area contributed by atoms with Crippen LogP contribution in [0.5, 0.6) is 0 Å². The molecule has 1 nitrogen and oxygen atoms in total. The molecule has 0 heterocycles. The van der Waals surface area contributed by atoms with E-state index in [1.54, 1.807) is 0 Å². The van der Waals surface area contributed by atoms with Crippen LogP contribution < -0.4 is 18.9 Å². The van der Waals surface area contributed by atoms with E-state index in [0.717, 1.165) is 11.1 Å². The summed E-state index contributed by atoms with van der Waals surface area (Å²) in [6, 6.07) is 14.4. The molecule has 0 saturated carbocycles. The van der Waals surface area contributed by atoms with Crippen LogP contribution in [0.25, 0.3) is 5.41 Å². The van der Waals surface area contributed by atoms with Gasteiger partial charge in [0.15, 0.2) is 0 Å². The molecule has 0 amide bonds. The second-order valence-electron chi connectivity index (χ2n) is 4.72. The van der Waals surface area contributed by atoms with Gasteiger partial charge < -0.3 is 5.41 Å². The number of rotatable bonds is 1. The van der Waals surface area contributed by atoms with Gasteiger partial charge in [-0.1, -0.05) is 42.5 Å². The summed E-state index contributed by atoms with van der Waals surface area (Å²) in [6.07, 6.45) is 0. The molecule has 1 aliphatic carbocycles. The summed E-state index contributed by atoms with van der Waals surface area (Å²) in [5, 5.41) is 10.2. The van der Waals surface area contributed by atoms with Crippen molar-refractivity contribution < 1.29 is 18.9 Å². The normalized spacial score (nSPS) is 16.6. The molecule has 1 atom stereocenters. The maximum absolute atomic E-state index is 10.2. The molecule has 0 spiro atoms. The number of hydrogen-bond donors (Lipinski definition) is 0. The van der Waals surface area contributed by atoms with E-state index >= 15 is 0 Å². The van der Waals surface area contributed by atoms with Crippen molar-refractivity contribution in [2.75, 3.05) is 0 Å². The Kier molecular flexibility index (Phi) is 3.48. The Morgan fingerprint density at radius 1 is 0.889 bits per heavy atom. The first-order chi connectivity index (χ1) is 8.20. The van der Waals surface area contributed by atoms with E-state index in [2.05, 4.69) is 38.1 Å². The maximum Gasteiger partial charge on any atom is 1.00 e. The molecule has 0 radical (unpaired) electrons. The predicted octanol–water partition coefficient (Wildman–Crippen LogP) is 0.811. The molecule has 1 aliphatic rings. The van der Waals surface area contributed by atoms with Gasteiger partial charge in [0.1, 0.15) is 0 Å². The van der Waals surface area contributed by atoms with Crippen molar-refractivity contribution in [3.05, 3.63) is 75.7 Å². The van der Waals surface area contributed by atoms with Gasteiger partial charge >= 0.3 is 18.9 Å². The smallest absolute Gasteiger partial charge is 0.806 e. The molecule has 0 bridgehead atoms. The fourth-order valence-corrected chi connectivity index (χ4v) is 2.72. The average molecular weight is 227 g/mol. The van der Waals surface area contributed by atoms with E-state index in [9.17, 15) is 5.41 Å². The van der Waals surface area contributed by atoms with Gasteiger partial charge in [-0.05, 0) is 41.7 Å². The molecular weight excluding hydrogens is 213 g/mol. The molecule has 0 aliphatic heterocycles. The third-order valence-corrected chi connectivity index (χ3v) is 3.62. The van der Waals surface area contributed by atoms with E-state index in [4.69, 9.17) is 0 Å². The maximum atomic E-state index is 10.2. The van der Waals surface area contributed by atoms with Crippen molar-refractivity contribution in [3.8, 4) is 0 Å². The van der Waals surface area contributed by atoms with Gasteiger partial charge in [-0.2, -0.15) is 5.71 Å². The van der Waals surface area contributed by atoms with Crippen LogP contribution in [-0.2, 0) is 0 Å². The van der Waals surface area contributed by atoms with Gasteiger partial charge in [0.05, 0.1) is 0 Å². The van der Waals surface area contributed by atoms with Crippen molar-refractivity contribution >= 4 is 5.71 Å². The number of fused-ring (bicyclic) bond motifs is 1. The summed E-state index contributed by atoms with van der Waals surface area (Å²) in [7, 11) is 0. The van der Waals surface area contributed by atoms with Crippen molar-refractivity contribution in [1.29, 1.82) is 0 Å². The SMILES string of the molecule is Cc1ccc(C)c2c1C(=[N-])C2c1ccccc1.[Li+]. The van der Waals surface area contributed by atoms with Crippen molar-refractivity contribution in [1.82, 2.24) is 0 Å². The Hall–Kier alpha value is -1.29. The number of nitrogens with zero attached hydrogens (tertiary/aromatic N) is 1. The van der Waals surface area contributed by atoms with Crippen LogP contribution in [0.1, 0.15) is 33.7 Å². The topological polar surface area (TPSA) is 22.3 Å². The van der Waals surface area contributed by atoms with Crippen LogP contribution in [0.2, 0.25) is 0 Å². The van der Waals surface area contributed by atoms with Gasteiger partial charge in [0.2, 0.25) is 0 Å². The van der Waals surface area contributed by atoms with Gasteiger partial charge in [-0.3, -0.25) is 0 Å². The van der Waals surface area contributed by atoms with Crippen LogP contribution in [0.3, 0.4) is 0 Å². The second kappa shape index (κ2) is 4.76. The quantitative estimate of drug-likeness (QED) is 0.643. The van der Waals surface area contributed by atoms with Crippen LogP contribution in [0, 0.1) is 13.8 Å². The minimum Gasteiger partial charge on any atom is -0.806 e. The summed E-state index contributed by atoms with van der Waals surface area (Å²) >= 11 is 0. The predicted molar refractivity (Wildman–Crippen MR) is 71.7 cm³/mol. The molecule has 0 N–H and O–H groups in total. The number of aryl methyl sites for hydroxylation is 2. The van der Waals surface area contributed by atoms with E-state index < -0.39 is 0 Å². The first-order valence-corrected chi connectivity index (χ1v) is 5.91. The van der Waals surface area contributed by atoms with Crippen molar-refractivity contribution in [2.24, 2.45) is 0 Å². The largest absolute Gasteiger partial charge is 1.00 e. The fourth-order valence-electron chi connectivity index (χ4n) is 2.72. The Bertz CT molecular complexity index is 602. The number of benzene rings is 2. The average Bonchev–Trinajstić information content (AvgIpc) is 2.33. The summed E-state index contributed by atoms with van der Waals surface area (Å²) in [5.74, 6) is 0.0751. The zero-order chi connectivity index (χ0) is 12.0. The first-order valence-electron chi connectivity index (χ1n) is 5.91. The number of hydrogen-bond acceptors (Lipinski definition) is 0. The summed E-state index contributed by atoms with van der Waals surface area (Å²) in [5.41, 5.74) is 6.46. The van der Waals surface area contributed by atoms with Crippen LogP contribution in [-0.4, -0.2) is 5.71 Å². The zero-order valence-electron chi connectivity index (χ0n) is 11.1. The van der Waals surface area contributed by atoms with E-state index in [-0.39, 0.29) is 24.8 Å². The van der Waals surface area contributed by atoms with Crippen molar-refractivity contribution in [3.63, 3.8) is 0 Å². The fraction of sp³-hybridized carbons (Fsp3) is 0.188. The Morgan fingerprint density at radius 2 is 1.50 bits per heavy atom. The minimum atomic E-state index is 0. The van der Waals surface area contributed by atoms with Crippen LogP contribution in [0.15, 0.2) is 42.5 Å². The Balaban J connectivity index is 0.00000120. The third-order valence-electron chi connectivity index (χ3n) is 3.62. The molecule has 3 rings (SSSR count). The van der Waals surface area contributed by atoms with E-state index in [1.807, 2.05) is 18.2 Å².